The van der Waals surface area contributed by atoms with Gasteiger partial charge in [-0.2, -0.15) is 5.10 Å². The first-order valence-corrected chi connectivity index (χ1v) is 6.56. The third-order valence-electron chi connectivity index (χ3n) is 4.08. The van der Waals surface area contributed by atoms with Crippen molar-refractivity contribution in [2.75, 3.05) is 13.1 Å². The van der Waals surface area contributed by atoms with Crippen LogP contribution in [-0.4, -0.2) is 39.7 Å². The van der Waals surface area contributed by atoms with E-state index < -0.39 is 0 Å². The molecule has 1 saturated heterocycles. The van der Waals surface area contributed by atoms with E-state index in [1.807, 2.05) is 18.9 Å². The molecular formula is C13H22N4O. The molecule has 0 aliphatic carbocycles. The molecule has 5 nitrogen and oxygen atoms in total. The summed E-state index contributed by atoms with van der Waals surface area (Å²) in [5.74, 6) is 0.548. The van der Waals surface area contributed by atoms with Crippen LogP contribution in [0.5, 0.6) is 0 Å². The number of hydrogen-bond donors (Lipinski definition) is 1. The second-order valence-electron chi connectivity index (χ2n) is 5.19. The van der Waals surface area contributed by atoms with Gasteiger partial charge < -0.3 is 10.6 Å². The second-order valence-corrected chi connectivity index (χ2v) is 5.19. The zero-order valence-corrected chi connectivity index (χ0v) is 11.4. The number of nitrogens with two attached hydrogens (primary N) is 1. The van der Waals surface area contributed by atoms with Gasteiger partial charge >= 0.3 is 0 Å². The van der Waals surface area contributed by atoms with Crippen molar-refractivity contribution in [2.24, 2.45) is 18.7 Å². The lowest BCUT2D eigenvalue weighted by Crippen LogP contribution is -2.51. The summed E-state index contributed by atoms with van der Waals surface area (Å²) in [7, 11) is 1.85. The molecule has 2 heterocycles. The van der Waals surface area contributed by atoms with Gasteiger partial charge in [0.15, 0.2) is 0 Å². The number of likely N-dealkylation sites (tertiary alicyclic amines) is 1. The fourth-order valence-electron chi connectivity index (χ4n) is 2.72. The normalized spacial score (nSPS) is 24.3. The maximum Gasteiger partial charge on any atom is 0.257 e. The van der Waals surface area contributed by atoms with Gasteiger partial charge in [0.05, 0.1) is 11.8 Å². The average Bonchev–Trinajstić information content (AvgIpc) is 2.69. The van der Waals surface area contributed by atoms with Crippen molar-refractivity contribution in [1.82, 2.24) is 14.7 Å². The Labute approximate surface area is 108 Å². The second kappa shape index (κ2) is 5.10. The molecule has 2 rings (SSSR count). The molecule has 5 heteroatoms. The number of carbonyl (C=O) groups excluding carboxylic acids is 1. The molecule has 1 fully saturated rings. The molecular weight excluding hydrogens is 228 g/mol. The van der Waals surface area contributed by atoms with Crippen molar-refractivity contribution in [1.29, 1.82) is 0 Å². The molecule has 0 saturated carbocycles. The molecule has 1 aliphatic heterocycles. The SMILES string of the molecule is Cc1c(C(=O)N2CCC[C@@H](C)[C@@H]2CN)cnn1C. The third-order valence-corrected chi connectivity index (χ3v) is 4.08. The van der Waals surface area contributed by atoms with Crippen molar-refractivity contribution in [2.45, 2.75) is 32.7 Å². The minimum Gasteiger partial charge on any atom is -0.334 e. The van der Waals surface area contributed by atoms with Crippen LogP contribution < -0.4 is 5.73 Å². The lowest BCUT2D eigenvalue weighted by Gasteiger charge is -2.39. The lowest BCUT2D eigenvalue weighted by molar-refractivity contribution is 0.0531. The van der Waals surface area contributed by atoms with E-state index in [0.717, 1.165) is 25.1 Å². The van der Waals surface area contributed by atoms with E-state index in [1.54, 1.807) is 10.9 Å². The van der Waals surface area contributed by atoms with Gasteiger partial charge in [0.2, 0.25) is 0 Å². The smallest absolute Gasteiger partial charge is 0.257 e. The molecule has 100 valence electrons. The number of hydrogen-bond acceptors (Lipinski definition) is 3. The highest BCUT2D eigenvalue weighted by Crippen LogP contribution is 2.24. The number of carbonyl (C=O) groups is 1. The van der Waals surface area contributed by atoms with Crippen LogP contribution in [0.2, 0.25) is 0 Å². The van der Waals surface area contributed by atoms with Crippen LogP contribution in [0.4, 0.5) is 0 Å². The molecule has 0 bridgehead atoms. The van der Waals surface area contributed by atoms with Crippen LogP contribution in [0.3, 0.4) is 0 Å². The van der Waals surface area contributed by atoms with E-state index in [0.29, 0.717) is 18.0 Å². The van der Waals surface area contributed by atoms with Gasteiger partial charge in [0, 0.05) is 31.9 Å². The summed E-state index contributed by atoms with van der Waals surface area (Å²) in [4.78, 5) is 14.5. The van der Waals surface area contributed by atoms with Gasteiger partial charge in [-0.3, -0.25) is 9.48 Å². The van der Waals surface area contributed by atoms with Gasteiger partial charge in [0.25, 0.3) is 5.91 Å². The Morgan fingerprint density at radius 1 is 1.61 bits per heavy atom. The Morgan fingerprint density at radius 3 is 2.89 bits per heavy atom. The zero-order valence-electron chi connectivity index (χ0n) is 11.4. The highest BCUT2D eigenvalue weighted by molar-refractivity contribution is 5.95. The quantitative estimate of drug-likeness (QED) is 0.849. The highest BCUT2D eigenvalue weighted by atomic mass is 16.2. The number of rotatable bonds is 2. The molecule has 1 aromatic heterocycles. The van der Waals surface area contributed by atoms with Crippen LogP contribution in [0.1, 0.15) is 35.8 Å². The van der Waals surface area contributed by atoms with Crippen molar-refractivity contribution in [3.8, 4) is 0 Å². The molecule has 18 heavy (non-hydrogen) atoms. The summed E-state index contributed by atoms with van der Waals surface area (Å²) in [5.41, 5.74) is 7.44. The van der Waals surface area contributed by atoms with Crippen molar-refractivity contribution in [3.05, 3.63) is 17.5 Å². The van der Waals surface area contributed by atoms with Crippen LogP contribution in [-0.2, 0) is 7.05 Å². The monoisotopic (exact) mass is 250 g/mol. The van der Waals surface area contributed by atoms with Gasteiger partial charge in [-0.25, -0.2) is 0 Å². The molecule has 1 aromatic rings. The number of amides is 1. The van der Waals surface area contributed by atoms with E-state index in [1.165, 1.54) is 0 Å². The first kappa shape index (κ1) is 13.1. The molecule has 0 unspecified atom stereocenters. The Morgan fingerprint density at radius 2 is 2.33 bits per heavy atom. The molecule has 0 aromatic carbocycles. The van der Waals surface area contributed by atoms with Gasteiger partial charge in [-0.05, 0) is 25.7 Å². The Kier molecular flexibility index (Phi) is 3.71. The molecule has 2 N–H and O–H groups in total. The van der Waals surface area contributed by atoms with Crippen molar-refractivity contribution < 1.29 is 4.79 Å². The summed E-state index contributed by atoms with van der Waals surface area (Å²) in [6.45, 7) is 5.43. The first-order chi connectivity index (χ1) is 8.56. The van der Waals surface area contributed by atoms with Crippen molar-refractivity contribution >= 4 is 5.91 Å². The topological polar surface area (TPSA) is 64.2 Å². The van der Waals surface area contributed by atoms with E-state index in [-0.39, 0.29) is 11.9 Å². The van der Waals surface area contributed by atoms with Crippen LogP contribution >= 0.6 is 0 Å². The highest BCUT2D eigenvalue weighted by Gasteiger charge is 2.32. The van der Waals surface area contributed by atoms with E-state index in [4.69, 9.17) is 5.73 Å². The number of nitrogens with zero attached hydrogens (tertiary/aromatic N) is 3. The zero-order chi connectivity index (χ0) is 13.3. The third kappa shape index (κ3) is 2.14. The summed E-state index contributed by atoms with van der Waals surface area (Å²) in [6, 6.07) is 0.158. The summed E-state index contributed by atoms with van der Waals surface area (Å²) < 4.78 is 1.73. The van der Waals surface area contributed by atoms with Crippen LogP contribution in [0.15, 0.2) is 6.20 Å². The minimum atomic E-state index is 0.0719. The summed E-state index contributed by atoms with van der Waals surface area (Å²) in [6.07, 6.45) is 3.87. The van der Waals surface area contributed by atoms with Crippen molar-refractivity contribution in [3.63, 3.8) is 0 Å². The molecule has 1 amide bonds. The Hall–Kier alpha value is -1.36. The van der Waals surface area contributed by atoms with Crippen LogP contribution in [0.25, 0.3) is 0 Å². The van der Waals surface area contributed by atoms with E-state index in [9.17, 15) is 4.79 Å². The lowest BCUT2D eigenvalue weighted by atomic mass is 9.90. The predicted octanol–water partition coefficient (Wildman–Crippen LogP) is 0.928. The molecule has 0 spiro atoms. The Balaban J connectivity index is 2.24. The van der Waals surface area contributed by atoms with E-state index >= 15 is 0 Å². The summed E-state index contributed by atoms with van der Waals surface area (Å²) in [5, 5.41) is 4.14. The maximum atomic E-state index is 12.6. The fraction of sp³-hybridized carbons (Fsp3) is 0.692. The number of aromatic nitrogens is 2. The van der Waals surface area contributed by atoms with E-state index in [2.05, 4.69) is 12.0 Å². The fourth-order valence-corrected chi connectivity index (χ4v) is 2.72. The predicted molar refractivity (Wildman–Crippen MR) is 70.2 cm³/mol. The van der Waals surface area contributed by atoms with Gasteiger partial charge in [0.1, 0.15) is 0 Å². The maximum absolute atomic E-state index is 12.6. The molecule has 1 aliphatic rings. The largest absolute Gasteiger partial charge is 0.334 e. The first-order valence-electron chi connectivity index (χ1n) is 6.56. The molecule has 0 radical (unpaired) electrons. The number of aryl methyl sites for hydroxylation is 1. The van der Waals surface area contributed by atoms with Crippen LogP contribution in [0, 0.1) is 12.8 Å². The van der Waals surface area contributed by atoms with Gasteiger partial charge in [-0.1, -0.05) is 6.92 Å². The standard InChI is InChI=1S/C13H22N4O/c1-9-5-4-6-17(12(9)7-14)13(18)11-8-15-16(3)10(11)2/h8-9,12H,4-7,14H2,1-3H3/t9-,12+/m1/s1. The summed E-state index contributed by atoms with van der Waals surface area (Å²) >= 11 is 0. The minimum absolute atomic E-state index is 0.0719. The Bertz CT molecular complexity index is 440. The van der Waals surface area contributed by atoms with Gasteiger partial charge in [-0.15, -0.1) is 0 Å². The number of piperidine rings is 1. The molecule has 2 atom stereocenters. The average molecular weight is 250 g/mol.